The summed E-state index contributed by atoms with van der Waals surface area (Å²) < 4.78 is 0. The fourth-order valence-electron chi connectivity index (χ4n) is 1.56. The van der Waals surface area contributed by atoms with E-state index in [1.807, 2.05) is 6.92 Å². The van der Waals surface area contributed by atoms with Crippen LogP contribution in [0.2, 0.25) is 0 Å². The van der Waals surface area contributed by atoms with Gasteiger partial charge in [-0.2, -0.15) is 0 Å². The summed E-state index contributed by atoms with van der Waals surface area (Å²) >= 11 is 0. The molecule has 1 saturated heterocycles. The maximum absolute atomic E-state index is 11.7. The summed E-state index contributed by atoms with van der Waals surface area (Å²) in [6.45, 7) is 3.12. The quantitative estimate of drug-likeness (QED) is 0.660. The molecular weight excluding hydrogens is 180 g/mol. The third-order valence-electron chi connectivity index (χ3n) is 2.20. The average molecular weight is 192 g/mol. The molecule has 2 rings (SSSR count). The first-order valence-electron chi connectivity index (χ1n) is 4.42. The Kier molecular flexibility index (Phi) is 1.96. The molecule has 1 aromatic rings. The van der Waals surface area contributed by atoms with Crippen molar-refractivity contribution in [2.45, 2.75) is 12.5 Å². The van der Waals surface area contributed by atoms with E-state index in [0.717, 1.165) is 0 Å². The molecule has 1 fully saturated rings. The van der Waals surface area contributed by atoms with Crippen molar-refractivity contribution in [3.8, 4) is 0 Å². The largest absolute Gasteiger partial charge is 0.335 e. The molecule has 0 radical (unpaired) electrons. The van der Waals surface area contributed by atoms with Gasteiger partial charge in [0.05, 0.1) is 5.56 Å². The molecule has 0 unspecified atom stereocenters. The van der Waals surface area contributed by atoms with Crippen LogP contribution < -0.4 is 5.73 Å². The summed E-state index contributed by atoms with van der Waals surface area (Å²) in [6.07, 6.45) is 4.43. The van der Waals surface area contributed by atoms with Gasteiger partial charge in [0.15, 0.2) is 0 Å². The van der Waals surface area contributed by atoms with Gasteiger partial charge in [-0.3, -0.25) is 4.79 Å². The van der Waals surface area contributed by atoms with Gasteiger partial charge in [0.25, 0.3) is 5.91 Å². The van der Waals surface area contributed by atoms with E-state index in [9.17, 15) is 4.79 Å². The number of hydrogen-bond donors (Lipinski definition) is 1. The summed E-state index contributed by atoms with van der Waals surface area (Å²) in [7, 11) is 0. The van der Waals surface area contributed by atoms with Crippen LogP contribution in [0.25, 0.3) is 0 Å². The maximum Gasteiger partial charge on any atom is 0.257 e. The third-order valence-corrected chi connectivity index (χ3v) is 2.20. The van der Waals surface area contributed by atoms with Gasteiger partial charge >= 0.3 is 0 Å². The van der Waals surface area contributed by atoms with Gasteiger partial charge in [-0.1, -0.05) is 0 Å². The number of carbonyl (C=O) groups is 1. The Morgan fingerprint density at radius 2 is 2.07 bits per heavy atom. The number of likely N-dealkylation sites (tertiary alicyclic amines) is 1. The van der Waals surface area contributed by atoms with Crippen molar-refractivity contribution in [2.24, 2.45) is 5.73 Å². The zero-order chi connectivity index (χ0) is 10.2. The van der Waals surface area contributed by atoms with Crippen LogP contribution in [0.15, 0.2) is 18.7 Å². The van der Waals surface area contributed by atoms with Crippen LogP contribution in [-0.2, 0) is 0 Å². The van der Waals surface area contributed by atoms with Crippen molar-refractivity contribution in [2.75, 3.05) is 13.1 Å². The number of rotatable bonds is 1. The van der Waals surface area contributed by atoms with E-state index in [1.165, 1.54) is 18.7 Å². The second-order valence-corrected chi connectivity index (χ2v) is 3.94. The van der Waals surface area contributed by atoms with Gasteiger partial charge in [-0.05, 0) is 6.92 Å². The van der Waals surface area contributed by atoms with Gasteiger partial charge in [0.1, 0.15) is 6.33 Å². The standard InChI is InChI=1S/C9H12N4O/c1-9(10)4-13(5-9)8(14)7-2-11-6-12-3-7/h2-3,6H,4-5,10H2,1H3. The highest BCUT2D eigenvalue weighted by Gasteiger charge is 2.38. The lowest BCUT2D eigenvalue weighted by Crippen LogP contribution is -2.66. The number of nitrogens with zero attached hydrogens (tertiary/aromatic N) is 3. The highest BCUT2D eigenvalue weighted by Crippen LogP contribution is 2.19. The fourth-order valence-corrected chi connectivity index (χ4v) is 1.56. The number of carbonyl (C=O) groups excluding carboxylic acids is 1. The van der Waals surface area contributed by atoms with Gasteiger partial charge in [-0.25, -0.2) is 9.97 Å². The lowest BCUT2D eigenvalue weighted by molar-refractivity contribution is 0.0453. The fraction of sp³-hybridized carbons (Fsp3) is 0.444. The second kappa shape index (κ2) is 3.02. The second-order valence-electron chi connectivity index (χ2n) is 3.94. The topological polar surface area (TPSA) is 72.1 Å². The van der Waals surface area contributed by atoms with E-state index in [4.69, 9.17) is 5.73 Å². The summed E-state index contributed by atoms with van der Waals surface area (Å²) in [5, 5.41) is 0. The molecule has 0 spiro atoms. The highest BCUT2D eigenvalue weighted by molar-refractivity contribution is 5.94. The third kappa shape index (κ3) is 1.58. The molecule has 1 amide bonds. The lowest BCUT2D eigenvalue weighted by atomic mass is 9.93. The first-order valence-corrected chi connectivity index (χ1v) is 4.42. The summed E-state index contributed by atoms with van der Waals surface area (Å²) in [5.41, 5.74) is 6.09. The molecule has 2 N–H and O–H groups in total. The van der Waals surface area contributed by atoms with E-state index >= 15 is 0 Å². The predicted molar refractivity (Wildman–Crippen MR) is 50.5 cm³/mol. The normalized spacial score (nSPS) is 18.9. The van der Waals surface area contributed by atoms with Crippen molar-refractivity contribution >= 4 is 5.91 Å². The Hall–Kier alpha value is -1.49. The molecule has 0 aromatic carbocycles. The van der Waals surface area contributed by atoms with Crippen LogP contribution >= 0.6 is 0 Å². The molecule has 0 aliphatic carbocycles. The lowest BCUT2D eigenvalue weighted by Gasteiger charge is -2.45. The van der Waals surface area contributed by atoms with Crippen LogP contribution in [-0.4, -0.2) is 39.4 Å². The Labute approximate surface area is 82.0 Å². The van der Waals surface area contributed by atoms with Gasteiger partial charge in [-0.15, -0.1) is 0 Å². The van der Waals surface area contributed by atoms with E-state index in [1.54, 1.807) is 4.90 Å². The van der Waals surface area contributed by atoms with Crippen molar-refractivity contribution in [3.05, 3.63) is 24.3 Å². The zero-order valence-electron chi connectivity index (χ0n) is 7.97. The zero-order valence-corrected chi connectivity index (χ0v) is 7.97. The molecule has 1 aliphatic heterocycles. The van der Waals surface area contributed by atoms with Crippen molar-refractivity contribution in [1.29, 1.82) is 0 Å². The highest BCUT2D eigenvalue weighted by atomic mass is 16.2. The Morgan fingerprint density at radius 1 is 1.50 bits per heavy atom. The van der Waals surface area contributed by atoms with Gasteiger partial charge in [0.2, 0.25) is 0 Å². The summed E-state index contributed by atoms with van der Waals surface area (Å²) in [6, 6.07) is 0. The number of hydrogen-bond acceptors (Lipinski definition) is 4. The molecule has 2 heterocycles. The minimum absolute atomic E-state index is 0.0477. The van der Waals surface area contributed by atoms with E-state index in [-0.39, 0.29) is 11.4 Å². The Balaban J connectivity index is 2.05. The smallest absolute Gasteiger partial charge is 0.257 e. The molecule has 0 bridgehead atoms. The number of nitrogens with two attached hydrogens (primary N) is 1. The van der Waals surface area contributed by atoms with E-state index in [2.05, 4.69) is 9.97 Å². The maximum atomic E-state index is 11.7. The Bertz CT molecular complexity index is 341. The molecule has 1 aliphatic rings. The van der Waals surface area contributed by atoms with Crippen LogP contribution in [0, 0.1) is 0 Å². The minimum atomic E-state index is -0.231. The van der Waals surface area contributed by atoms with Gasteiger partial charge in [0, 0.05) is 31.0 Å². The molecule has 0 atom stereocenters. The summed E-state index contributed by atoms with van der Waals surface area (Å²) in [4.78, 5) is 21.0. The monoisotopic (exact) mass is 192 g/mol. The first-order chi connectivity index (χ1) is 6.58. The van der Waals surface area contributed by atoms with Crippen molar-refractivity contribution in [3.63, 3.8) is 0 Å². The first kappa shape index (κ1) is 9.08. The molecular formula is C9H12N4O. The van der Waals surface area contributed by atoms with E-state index < -0.39 is 0 Å². The Morgan fingerprint density at radius 3 is 2.57 bits per heavy atom. The molecule has 5 nitrogen and oxygen atoms in total. The molecule has 1 aromatic heterocycles. The number of amides is 1. The minimum Gasteiger partial charge on any atom is -0.335 e. The SMILES string of the molecule is CC1(N)CN(C(=O)c2cncnc2)C1. The summed E-state index contributed by atoms with van der Waals surface area (Å²) in [5.74, 6) is -0.0477. The van der Waals surface area contributed by atoms with Crippen LogP contribution in [0.5, 0.6) is 0 Å². The van der Waals surface area contributed by atoms with Crippen molar-refractivity contribution < 1.29 is 4.79 Å². The van der Waals surface area contributed by atoms with Crippen LogP contribution in [0.3, 0.4) is 0 Å². The molecule has 5 heteroatoms. The average Bonchev–Trinajstić information content (AvgIpc) is 2.14. The van der Waals surface area contributed by atoms with Crippen LogP contribution in [0.1, 0.15) is 17.3 Å². The predicted octanol–water partition coefficient (Wildman–Crippen LogP) is -0.350. The number of aromatic nitrogens is 2. The molecule has 14 heavy (non-hydrogen) atoms. The van der Waals surface area contributed by atoms with Gasteiger partial charge < -0.3 is 10.6 Å². The van der Waals surface area contributed by atoms with Crippen molar-refractivity contribution in [1.82, 2.24) is 14.9 Å². The van der Waals surface area contributed by atoms with Crippen LogP contribution in [0.4, 0.5) is 0 Å². The van der Waals surface area contributed by atoms with E-state index in [0.29, 0.717) is 18.7 Å². The molecule has 0 saturated carbocycles. The molecule has 74 valence electrons.